The second kappa shape index (κ2) is 9.02. The second-order valence-electron chi connectivity index (χ2n) is 6.08. The Kier molecular flexibility index (Phi) is 6.93. The molecule has 1 N–H and O–H groups in total. The molecule has 1 saturated heterocycles. The third-order valence-electron chi connectivity index (χ3n) is 4.28. The number of rotatable bonds is 6. The van der Waals surface area contributed by atoms with Crippen LogP contribution in [0.3, 0.4) is 0 Å². The van der Waals surface area contributed by atoms with Crippen molar-refractivity contribution < 1.29 is 13.2 Å². The van der Waals surface area contributed by atoms with Gasteiger partial charge in [0.1, 0.15) is 4.21 Å². The zero-order valence-electron chi connectivity index (χ0n) is 14.4. The van der Waals surface area contributed by atoms with E-state index in [4.69, 9.17) is 11.6 Å². The summed E-state index contributed by atoms with van der Waals surface area (Å²) in [6.07, 6.45) is 0.329. The van der Waals surface area contributed by atoms with Crippen molar-refractivity contribution in [2.24, 2.45) is 0 Å². The first-order valence-electron chi connectivity index (χ1n) is 8.38. The molecule has 1 aromatic carbocycles. The van der Waals surface area contributed by atoms with E-state index in [0.717, 1.165) is 3.79 Å². The second-order valence-corrected chi connectivity index (χ2v) is 11.1. The van der Waals surface area contributed by atoms with E-state index in [1.54, 1.807) is 30.3 Å². The van der Waals surface area contributed by atoms with Gasteiger partial charge in [-0.1, -0.05) is 23.7 Å². The van der Waals surface area contributed by atoms with Crippen LogP contribution in [-0.4, -0.2) is 56.3 Å². The predicted octanol–water partition coefficient (Wildman–Crippen LogP) is 3.50. The van der Waals surface area contributed by atoms with E-state index in [9.17, 15) is 13.2 Å². The van der Waals surface area contributed by atoms with Crippen LogP contribution in [0.25, 0.3) is 0 Å². The molecule has 0 atom stereocenters. The van der Waals surface area contributed by atoms with Crippen molar-refractivity contribution in [2.45, 2.75) is 10.6 Å². The minimum Gasteiger partial charge on any atom is -0.325 e. The van der Waals surface area contributed by atoms with Crippen molar-refractivity contribution in [3.63, 3.8) is 0 Å². The maximum Gasteiger partial charge on any atom is 0.252 e. The molecule has 2 heterocycles. The monoisotopic (exact) mass is 491 g/mol. The largest absolute Gasteiger partial charge is 0.325 e. The van der Waals surface area contributed by atoms with E-state index < -0.39 is 10.0 Å². The number of sulfonamides is 1. The molecule has 3 rings (SSSR count). The highest BCUT2D eigenvalue weighted by Gasteiger charge is 2.29. The number of hydrogen-bond acceptors (Lipinski definition) is 5. The topological polar surface area (TPSA) is 69.7 Å². The van der Waals surface area contributed by atoms with Gasteiger partial charge in [0.15, 0.2) is 0 Å². The Morgan fingerprint density at radius 3 is 2.48 bits per heavy atom. The third-order valence-corrected chi connectivity index (χ3v) is 8.60. The van der Waals surface area contributed by atoms with Gasteiger partial charge >= 0.3 is 0 Å². The number of piperazine rings is 1. The lowest BCUT2D eigenvalue weighted by Crippen LogP contribution is -2.48. The molecule has 0 saturated carbocycles. The summed E-state index contributed by atoms with van der Waals surface area (Å²) in [5.74, 6) is -0.110. The van der Waals surface area contributed by atoms with Crippen LogP contribution < -0.4 is 5.32 Å². The van der Waals surface area contributed by atoms with Gasteiger partial charge in [-0.2, -0.15) is 4.31 Å². The van der Waals surface area contributed by atoms with E-state index in [2.05, 4.69) is 26.1 Å². The van der Waals surface area contributed by atoms with Crippen LogP contribution in [-0.2, 0) is 14.8 Å². The molecule has 0 bridgehead atoms. The van der Waals surface area contributed by atoms with Crippen LogP contribution in [0.4, 0.5) is 5.69 Å². The summed E-state index contributed by atoms with van der Waals surface area (Å²) >= 11 is 10.6. The normalized spacial score (nSPS) is 16.4. The number of amides is 1. The number of carbonyl (C=O) groups is 1. The Balaban J connectivity index is 1.47. The van der Waals surface area contributed by atoms with Gasteiger partial charge in [0.2, 0.25) is 5.91 Å². The fraction of sp³-hybridized carbons (Fsp3) is 0.353. The highest BCUT2D eigenvalue weighted by Crippen LogP contribution is 2.29. The Morgan fingerprint density at radius 2 is 1.85 bits per heavy atom. The van der Waals surface area contributed by atoms with Crippen LogP contribution in [0.5, 0.6) is 0 Å². The third kappa shape index (κ3) is 5.30. The minimum absolute atomic E-state index is 0.110. The van der Waals surface area contributed by atoms with Gasteiger partial charge in [0.25, 0.3) is 10.0 Å². The number of nitrogens with zero attached hydrogens (tertiary/aromatic N) is 2. The smallest absolute Gasteiger partial charge is 0.252 e. The Labute approximate surface area is 176 Å². The van der Waals surface area contributed by atoms with Gasteiger partial charge in [0, 0.05) is 39.1 Å². The van der Waals surface area contributed by atoms with E-state index >= 15 is 0 Å². The fourth-order valence-electron chi connectivity index (χ4n) is 2.79. The summed E-state index contributed by atoms with van der Waals surface area (Å²) in [4.78, 5) is 14.2. The lowest BCUT2D eigenvalue weighted by Gasteiger charge is -2.33. The summed E-state index contributed by atoms with van der Waals surface area (Å²) in [5.41, 5.74) is 0.599. The van der Waals surface area contributed by atoms with Gasteiger partial charge in [-0.25, -0.2) is 8.42 Å². The summed E-state index contributed by atoms with van der Waals surface area (Å²) < 4.78 is 27.9. The van der Waals surface area contributed by atoms with Crippen LogP contribution >= 0.6 is 38.9 Å². The molecule has 0 spiro atoms. The van der Waals surface area contributed by atoms with Crippen molar-refractivity contribution in [2.75, 3.05) is 38.0 Å². The summed E-state index contributed by atoms with van der Waals surface area (Å²) in [7, 11) is -3.44. The average molecular weight is 493 g/mol. The Bertz CT molecular complexity index is 912. The Hall–Kier alpha value is -0.970. The molecule has 1 aliphatic heterocycles. The van der Waals surface area contributed by atoms with Gasteiger partial charge in [-0.3, -0.25) is 4.79 Å². The SMILES string of the molecule is O=C(CCN1CCN(S(=O)(=O)c2ccc(Br)s2)CC1)Nc1ccccc1Cl. The molecule has 10 heteroatoms. The lowest BCUT2D eigenvalue weighted by molar-refractivity contribution is -0.116. The van der Waals surface area contributed by atoms with Gasteiger partial charge < -0.3 is 10.2 Å². The van der Waals surface area contributed by atoms with E-state index in [-0.39, 0.29) is 5.91 Å². The summed E-state index contributed by atoms with van der Waals surface area (Å²) in [5, 5.41) is 3.30. The number of anilines is 1. The molecular formula is C17H19BrClN3O3S2. The molecule has 0 unspecified atom stereocenters. The maximum absolute atomic E-state index is 12.6. The molecule has 1 fully saturated rings. The van der Waals surface area contributed by atoms with Gasteiger partial charge in [-0.05, 0) is 40.2 Å². The molecule has 1 aromatic heterocycles. The van der Waals surface area contributed by atoms with Crippen LogP contribution in [0.15, 0.2) is 44.4 Å². The average Bonchev–Trinajstić information content (AvgIpc) is 3.09. The predicted molar refractivity (Wildman–Crippen MR) is 112 cm³/mol. The minimum atomic E-state index is -3.44. The van der Waals surface area contributed by atoms with Crippen molar-refractivity contribution >= 4 is 60.5 Å². The van der Waals surface area contributed by atoms with E-state index in [1.807, 2.05) is 6.07 Å². The number of benzene rings is 1. The quantitative estimate of drug-likeness (QED) is 0.670. The summed E-state index contributed by atoms with van der Waals surface area (Å²) in [6, 6.07) is 10.5. The molecule has 6 nitrogen and oxygen atoms in total. The first-order valence-corrected chi connectivity index (χ1v) is 11.8. The standard InChI is InChI=1S/C17H19BrClN3O3S2/c18-15-5-6-17(26-15)27(24,25)22-11-9-21(10-12-22)8-7-16(23)20-14-4-2-1-3-13(14)19/h1-6H,7-12H2,(H,20,23). The zero-order valence-corrected chi connectivity index (χ0v) is 18.4. The summed E-state index contributed by atoms with van der Waals surface area (Å²) in [6.45, 7) is 2.62. The van der Waals surface area contributed by atoms with Crippen LogP contribution in [0.2, 0.25) is 5.02 Å². The molecule has 2 aromatic rings. The molecule has 0 radical (unpaired) electrons. The number of hydrogen-bond donors (Lipinski definition) is 1. The highest BCUT2D eigenvalue weighted by molar-refractivity contribution is 9.11. The number of para-hydroxylation sites is 1. The Morgan fingerprint density at radius 1 is 1.15 bits per heavy atom. The molecule has 146 valence electrons. The van der Waals surface area contributed by atoms with Crippen molar-refractivity contribution in [3.8, 4) is 0 Å². The van der Waals surface area contributed by atoms with Gasteiger partial charge in [-0.15, -0.1) is 11.3 Å². The van der Waals surface area contributed by atoms with Crippen molar-refractivity contribution in [1.29, 1.82) is 0 Å². The number of thiophene rings is 1. The molecular weight excluding hydrogens is 474 g/mol. The lowest BCUT2D eigenvalue weighted by atomic mass is 10.3. The molecule has 27 heavy (non-hydrogen) atoms. The molecule has 1 amide bonds. The number of halogens is 2. The van der Waals surface area contributed by atoms with Crippen LogP contribution in [0, 0.1) is 0 Å². The highest BCUT2D eigenvalue weighted by atomic mass is 79.9. The fourth-order valence-corrected chi connectivity index (χ4v) is 6.56. The van der Waals surface area contributed by atoms with E-state index in [0.29, 0.717) is 54.1 Å². The zero-order chi connectivity index (χ0) is 19.4. The molecule has 1 aliphatic rings. The van der Waals surface area contributed by atoms with Gasteiger partial charge in [0.05, 0.1) is 14.5 Å². The van der Waals surface area contributed by atoms with Crippen molar-refractivity contribution in [3.05, 3.63) is 45.2 Å². The van der Waals surface area contributed by atoms with Crippen molar-refractivity contribution in [1.82, 2.24) is 9.21 Å². The van der Waals surface area contributed by atoms with Crippen LogP contribution in [0.1, 0.15) is 6.42 Å². The maximum atomic E-state index is 12.6. The first-order chi connectivity index (χ1) is 12.9. The molecule has 0 aliphatic carbocycles. The number of carbonyl (C=O) groups excluding carboxylic acids is 1. The first kappa shape index (κ1) is 20.8. The van der Waals surface area contributed by atoms with E-state index in [1.165, 1.54) is 15.6 Å². The number of nitrogens with one attached hydrogen (secondary N) is 1.